The van der Waals surface area contributed by atoms with Gasteiger partial charge < -0.3 is 15.2 Å². The van der Waals surface area contributed by atoms with Gasteiger partial charge in [-0.25, -0.2) is 9.18 Å². The van der Waals surface area contributed by atoms with E-state index >= 15 is 0 Å². The molecule has 0 aliphatic rings. The van der Waals surface area contributed by atoms with Crippen LogP contribution < -0.4 is 10.1 Å². The molecule has 0 heterocycles. The van der Waals surface area contributed by atoms with E-state index in [4.69, 9.17) is 9.84 Å². The van der Waals surface area contributed by atoms with Crippen molar-refractivity contribution in [1.29, 1.82) is 0 Å². The van der Waals surface area contributed by atoms with Gasteiger partial charge in [0.2, 0.25) is 0 Å². The van der Waals surface area contributed by atoms with Gasteiger partial charge in [0.05, 0.1) is 0 Å². The molecule has 0 fully saturated rings. The summed E-state index contributed by atoms with van der Waals surface area (Å²) in [6.07, 6.45) is -0.619. The van der Waals surface area contributed by atoms with E-state index in [0.717, 1.165) is 0 Å². The molecular formula is C12H16FNO3. The van der Waals surface area contributed by atoms with Crippen molar-refractivity contribution in [2.24, 2.45) is 0 Å². The van der Waals surface area contributed by atoms with Crippen LogP contribution in [0.2, 0.25) is 0 Å². The minimum absolute atomic E-state index is 0.240. The highest BCUT2D eigenvalue weighted by Crippen LogP contribution is 2.18. The first-order valence-corrected chi connectivity index (χ1v) is 5.40. The first kappa shape index (κ1) is 13.4. The van der Waals surface area contributed by atoms with Gasteiger partial charge in [-0.05, 0) is 31.2 Å². The summed E-state index contributed by atoms with van der Waals surface area (Å²) < 4.78 is 18.5. The first-order chi connectivity index (χ1) is 8.06. The maximum absolute atomic E-state index is 13.3. The van der Waals surface area contributed by atoms with Crippen molar-refractivity contribution in [3.63, 3.8) is 0 Å². The maximum Gasteiger partial charge on any atom is 0.344 e. The molecule has 17 heavy (non-hydrogen) atoms. The molecule has 0 saturated carbocycles. The van der Waals surface area contributed by atoms with E-state index in [1.165, 1.54) is 12.1 Å². The van der Waals surface area contributed by atoms with Crippen molar-refractivity contribution in [3.05, 3.63) is 29.6 Å². The number of aliphatic carboxylic acids is 1. The summed E-state index contributed by atoms with van der Waals surface area (Å²) in [6, 6.07) is 4.20. The summed E-state index contributed by atoms with van der Waals surface area (Å²) in [5, 5.41) is 11.7. The zero-order valence-electron chi connectivity index (χ0n) is 9.87. The highest BCUT2D eigenvalue weighted by atomic mass is 19.1. The molecule has 1 aromatic rings. The van der Waals surface area contributed by atoms with Gasteiger partial charge in [-0.15, -0.1) is 0 Å². The smallest absolute Gasteiger partial charge is 0.344 e. The fraction of sp³-hybridized carbons (Fsp3) is 0.417. The molecule has 1 rings (SSSR count). The summed E-state index contributed by atoms with van der Waals surface area (Å²) in [6.45, 7) is 2.20. The van der Waals surface area contributed by atoms with Gasteiger partial charge in [0.1, 0.15) is 11.6 Å². The van der Waals surface area contributed by atoms with E-state index in [1.54, 1.807) is 20.0 Å². The number of nitrogens with one attached hydrogen (secondary N) is 1. The van der Waals surface area contributed by atoms with Crippen molar-refractivity contribution in [3.8, 4) is 5.75 Å². The van der Waals surface area contributed by atoms with Crippen LogP contribution in [0.4, 0.5) is 4.39 Å². The van der Waals surface area contributed by atoms with E-state index in [2.05, 4.69) is 5.32 Å². The molecular weight excluding hydrogens is 225 g/mol. The van der Waals surface area contributed by atoms with Gasteiger partial charge in [-0.2, -0.15) is 0 Å². The van der Waals surface area contributed by atoms with Crippen LogP contribution in [0.1, 0.15) is 18.9 Å². The van der Waals surface area contributed by atoms with E-state index in [9.17, 15) is 9.18 Å². The number of carboxylic acid groups (broad SMARTS) is 1. The zero-order chi connectivity index (χ0) is 12.8. The third kappa shape index (κ3) is 4.03. The lowest BCUT2D eigenvalue weighted by molar-refractivity contribution is -0.145. The first-order valence-electron chi connectivity index (χ1n) is 5.40. The van der Waals surface area contributed by atoms with Crippen molar-refractivity contribution in [1.82, 2.24) is 5.32 Å². The lowest BCUT2D eigenvalue weighted by Crippen LogP contribution is -2.26. The van der Waals surface area contributed by atoms with Crippen LogP contribution in [0.15, 0.2) is 18.2 Å². The Balaban J connectivity index is 2.86. The summed E-state index contributed by atoms with van der Waals surface area (Å²) >= 11 is 0. The Morgan fingerprint density at radius 3 is 2.76 bits per heavy atom. The lowest BCUT2D eigenvalue weighted by Gasteiger charge is -2.14. The Bertz CT molecular complexity index is 395. The Morgan fingerprint density at radius 2 is 2.24 bits per heavy atom. The largest absolute Gasteiger partial charge is 0.479 e. The Kier molecular flexibility index (Phi) is 4.90. The Morgan fingerprint density at radius 1 is 1.53 bits per heavy atom. The Hall–Kier alpha value is -1.62. The van der Waals surface area contributed by atoms with Crippen LogP contribution in [0.3, 0.4) is 0 Å². The van der Waals surface area contributed by atoms with Crippen LogP contribution in [-0.2, 0) is 11.3 Å². The van der Waals surface area contributed by atoms with Gasteiger partial charge in [0, 0.05) is 12.6 Å². The van der Waals surface area contributed by atoms with Gasteiger partial charge in [-0.1, -0.05) is 6.92 Å². The third-order valence-electron chi connectivity index (χ3n) is 2.24. The maximum atomic E-state index is 13.3. The average molecular weight is 241 g/mol. The summed E-state index contributed by atoms with van der Waals surface area (Å²) in [4.78, 5) is 10.8. The fourth-order valence-corrected chi connectivity index (χ4v) is 1.47. The predicted molar refractivity (Wildman–Crippen MR) is 61.5 cm³/mol. The van der Waals surface area contributed by atoms with Crippen molar-refractivity contribution in [2.45, 2.75) is 26.0 Å². The molecule has 1 aromatic carbocycles. The summed E-state index contributed by atoms with van der Waals surface area (Å²) in [7, 11) is 1.75. The van der Waals surface area contributed by atoms with E-state index in [0.29, 0.717) is 18.5 Å². The number of hydrogen-bond donors (Lipinski definition) is 2. The van der Waals surface area contributed by atoms with E-state index in [1.807, 2.05) is 0 Å². The van der Waals surface area contributed by atoms with Crippen LogP contribution in [0.25, 0.3) is 0 Å². The summed E-state index contributed by atoms with van der Waals surface area (Å²) in [5.74, 6) is -1.25. The highest BCUT2D eigenvalue weighted by Gasteiger charge is 2.17. The molecule has 4 nitrogen and oxygen atoms in total. The molecule has 0 spiro atoms. The predicted octanol–water partition coefficient (Wildman–Crippen LogP) is 1.79. The molecule has 0 saturated heterocycles. The molecule has 1 unspecified atom stereocenters. The van der Waals surface area contributed by atoms with Crippen LogP contribution in [0.5, 0.6) is 5.75 Å². The molecule has 2 N–H and O–H groups in total. The molecule has 5 heteroatoms. The standard InChI is InChI=1S/C12H16FNO3/c1-3-11(12(15)16)17-10-5-8(7-14-2)4-9(13)6-10/h4-6,11,14H,3,7H2,1-2H3,(H,15,16). The molecule has 1 atom stereocenters. The number of hydrogen-bond acceptors (Lipinski definition) is 3. The number of benzene rings is 1. The lowest BCUT2D eigenvalue weighted by atomic mass is 10.2. The quantitative estimate of drug-likeness (QED) is 0.797. The van der Waals surface area contributed by atoms with Gasteiger partial charge in [0.25, 0.3) is 0 Å². The highest BCUT2D eigenvalue weighted by molar-refractivity contribution is 5.72. The van der Waals surface area contributed by atoms with Gasteiger partial charge in [0.15, 0.2) is 6.10 Å². The van der Waals surface area contributed by atoms with Crippen molar-refractivity contribution >= 4 is 5.97 Å². The topological polar surface area (TPSA) is 58.6 Å². The number of carbonyl (C=O) groups is 1. The average Bonchev–Trinajstić information content (AvgIpc) is 2.25. The minimum Gasteiger partial charge on any atom is -0.479 e. The third-order valence-corrected chi connectivity index (χ3v) is 2.24. The van der Waals surface area contributed by atoms with Gasteiger partial charge in [-0.3, -0.25) is 0 Å². The number of rotatable bonds is 6. The zero-order valence-corrected chi connectivity index (χ0v) is 9.87. The summed E-state index contributed by atoms with van der Waals surface area (Å²) in [5.41, 5.74) is 0.711. The number of ether oxygens (including phenoxy) is 1. The van der Waals surface area contributed by atoms with Gasteiger partial charge >= 0.3 is 5.97 Å². The second kappa shape index (κ2) is 6.20. The van der Waals surface area contributed by atoms with Crippen LogP contribution >= 0.6 is 0 Å². The normalized spacial score (nSPS) is 12.2. The molecule has 0 bridgehead atoms. The molecule has 94 valence electrons. The molecule has 0 aromatic heterocycles. The van der Waals surface area contributed by atoms with Crippen molar-refractivity contribution in [2.75, 3.05) is 7.05 Å². The van der Waals surface area contributed by atoms with E-state index < -0.39 is 17.9 Å². The molecule has 0 radical (unpaired) electrons. The van der Waals surface area contributed by atoms with Crippen molar-refractivity contribution < 1.29 is 19.0 Å². The molecule has 0 aliphatic carbocycles. The number of carboxylic acids is 1. The monoisotopic (exact) mass is 241 g/mol. The second-order valence-electron chi connectivity index (χ2n) is 3.68. The fourth-order valence-electron chi connectivity index (χ4n) is 1.47. The molecule has 0 amide bonds. The van der Waals surface area contributed by atoms with E-state index in [-0.39, 0.29) is 5.75 Å². The SMILES string of the molecule is CCC(Oc1cc(F)cc(CNC)c1)C(=O)O. The van der Waals surface area contributed by atoms with Crippen LogP contribution in [-0.4, -0.2) is 24.2 Å². The number of halogens is 1. The Labute approximate surface area is 99.4 Å². The van der Waals surface area contributed by atoms with Crippen LogP contribution in [0, 0.1) is 5.82 Å². The minimum atomic E-state index is -1.05. The molecule has 0 aliphatic heterocycles. The second-order valence-corrected chi connectivity index (χ2v) is 3.68.